The van der Waals surface area contributed by atoms with Gasteiger partial charge in [-0.3, -0.25) is 4.79 Å². The number of thioether (sulfide) groups is 1. The molecule has 0 aliphatic carbocycles. The Morgan fingerprint density at radius 3 is 2.32 bits per heavy atom. The maximum atomic E-state index is 13.0. The molecule has 0 saturated carbocycles. The lowest BCUT2D eigenvalue weighted by Crippen LogP contribution is -2.61. The largest absolute Gasteiger partial charge is 0.332 e. The van der Waals surface area contributed by atoms with Crippen molar-refractivity contribution in [2.24, 2.45) is 0 Å². The van der Waals surface area contributed by atoms with Crippen LogP contribution in [0.3, 0.4) is 0 Å². The van der Waals surface area contributed by atoms with Gasteiger partial charge >= 0.3 is 6.03 Å². The fourth-order valence-corrected chi connectivity index (χ4v) is 5.51. The second-order valence-corrected chi connectivity index (χ2v) is 9.42. The maximum Gasteiger partial charge on any atom is 0.332 e. The van der Waals surface area contributed by atoms with E-state index in [9.17, 15) is 9.59 Å². The zero-order chi connectivity index (χ0) is 16.3. The number of hydrogen-bond donors (Lipinski definition) is 0. The van der Waals surface area contributed by atoms with E-state index in [-0.39, 0.29) is 27.6 Å². The molecule has 1 aromatic rings. The van der Waals surface area contributed by atoms with Gasteiger partial charge in [-0.05, 0) is 52.0 Å². The van der Waals surface area contributed by atoms with Crippen LogP contribution in [-0.4, -0.2) is 32.5 Å². The van der Waals surface area contributed by atoms with Crippen molar-refractivity contribution in [2.75, 3.05) is 4.90 Å². The van der Waals surface area contributed by atoms with Crippen molar-refractivity contribution in [1.82, 2.24) is 4.90 Å². The summed E-state index contributed by atoms with van der Waals surface area (Å²) in [7, 11) is 0. The van der Waals surface area contributed by atoms with E-state index < -0.39 is 0 Å². The third kappa shape index (κ3) is 2.31. The molecule has 1 atom stereocenters. The van der Waals surface area contributed by atoms with Crippen LogP contribution in [0.25, 0.3) is 0 Å². The van der Waals surface area contributed by atoms with Crippen LogP contribution in [0.5, 0.6) is 0 Å². The molecular weight excluding hydrogens is 320 g/mol. The number of benzene rings is 1. The zero-order valence-electron chi connectivity index (χ0n) is 13.1. The maximum absolute atomic E-state index is 13.0. The molecule has 6 heteroatoms. The van der Waals surface area contributed by atoms with Crippen molar-refractivity contribution in [3.8, 4) is 0 Å². The van der Waals surface area contributed by atoms with E-state index in [1.807, 2.05) is 18.7 Å². The van der Waals surface area contributed by atoms with E-state index in [2.05, 4.69) is 13.8 Å². The predicted molar refractivity (Wildman–Crippen MR) is 90.3 cm³/mol. The molecular formula is C16H19ClN2O2S. The van der Waals surface area contributed by atoms with Crippen molar-refractivity contribution in [1.29, 1.82) is 0 Å². The Morgan fingerprint density at radius 2 is 1.73 bits per heavy atom. The van der Waals surface area contributed by atoms with E-state index in [1.165, 1.54) is 4.90 Å². The minimum Gasteiger partial charge on any atom is -0.305 e. The van der Waals surface area contributed by atoms with Gasteiger partial charge in [0, 0.05) is 16.2 Å². The van der Waals surface area contributed by atoms with Crippen molar-refractivity contribution in [3.05, 3.63) is 29.3 Å². The lowest BCUT2D eigenvalue weighted by Gasteiger charge is -2.43. The highest BCUT2D eigenvalue weighted by Crippen LogP contribution is 2.53. The third-order valence-electron chi connectivity index (χ3n) is 4.31. The summed E-state index contributed by atoms with van der Waals surface area (Å²) in [4.78, 5) is 28.4. The van der Waals surface area contributed by atoms with Crippen LogP contribution in [0, 0.1) is 0 Å². The van der Waals surface area contributed by atoms with Gasteiger partial charge in [0.25, 0.3) is 0 Å². The molecule has 2 saturated heterocycles. The molecule has 0 N–H and O–H groups in total. The lowest BCUT2D eigenvalue weighted by atomic mass is 9.94. The van der Waals surface area contributed by atoms with Crippen molar-refractivity contribution in [2.45, 2.75) is 49.8 Å². The Hall–Kier alpha value is -1.20. The van der Waals surface area contributed by atoms with Crippen LogP contribution < -0.4 is 4.90 Å². The quantitative estimate of drug-likeness (QED) is 0.773. The Morgan fingerprint density at radius 1 is 1.14 bits per heavy atom. The topological polar surface area (TPSA) is 40.6 Å². The third-order valence-corrected chi connectivity index (χ3v) is 6.05. The van der Waals surface area contributed by atoms with E-state index in [1.54, 1.807) is 36.0 Å². The molecule has 4 nitrogen and oxygen atoms in total. The number of anilines is 1. The summed E-state index contributed by atoms with van der Waals surface area (Å²) in [5, 5.41) is 0.580. The summed E-state index contributed by atoms with van der Waals surface area (Å²) in [6.45, 7) is 8.27. The van der Waals surface area contributed by atoms with E-state index in [0.717, 1.165) is 0 Å². The van der Waals surface area contributed by atoms with Crippen LogP contribution in [0.1, 0.15) is 34.1 Å². The van der Waals surface area contributed by atoms with Gasteiger partial charge in [-0.2, -0.15) is 0 Å². The highest BCUT2D eigenvalue weighted by atomic mass is 35.5. The average Bonchev–Trinajstić information content (AvgIpc) is 2.56. The molecule has 0 bridgehead atoms. The minimum atomic E-state index is -0.337. The molecule has 2 aliphatic heterocycles. The van der Waals surface area contributed by atoms with Crippen LogP contribution in [-0.2, 0) is 4.79 Å². The molecule has 2 heterocycles. The molecule has 0 spiro atoms. The van der Waals surface area contributed by atoms with Crippen molar-refractivity contribution < 1.29 is 9.59 Å². The normalized spacial score (nSPS) is 26.3. The molecule has 0 aromatic heterocycles. The van der Waals surface area contributed by atoms with Crippen molar-refractivity contribution >= 4 is 41.0 Å². The van der Waals surface area contributed by atoms with Gasteiger partial charge in [-0.25, -0.2) is 9.69 Å². The summed E-state index contributed by atoms with van der Waals surface area (Å²) in [6.07, 6.45) is 0.345. The average molecular weight is 339 g/mol. The minimum absolute atomic E-state index is 0.0731. The van der Waals surface area contributed by atoms with Gasteiger partial charge in [0.15, 0.2) is 0 Å². The van der Waals surface area contributed by atoms with Crippen LogP contribution in [0.4, 0.5) is 10.5 Å². The highest BCUT2D eigenvalue weighted by Gasteiger charge is 2.58. The lowest BCUT2D eigenvalue weighted by molar-refractivity contribution is -0.120. The number of imide groups is 1. The Labute approximate surface area is 139 Å². The number of amides is 3. The number of hydrogen-bond acceptors (Lipinski definition) is 3. The Kier molecular flexibility index (Phi) is 3.49. The molecule has 2 aliphatic rings. The van der Waals surface area contributed by atoms with Crippen LogP contribution >= 0.6 is 23.4 Å². The summed E-state index contributed by atoms with van der Waals surface area (Å²) in [5.74, 6) is -0.153. The first kappa shape index (κ1) is 15.7. The van der Waals surface area contributed by atoms with E-state index >= 15 is 0 Å². The fraction of sp³-hybridized carbons (Fsp3) is 0.500. The number of urea groups is 1. The number of carbonyl (C=O) groups is 2. The summed E-state index contributed by atoms with van der Waals surface area (Å²) in [5.41, 5.74) is 0.573. The number of nitrogens with zero attached hydrogens (tertiary/aromatic N) is 2. The molecule has 1 aromatic carbocycles. The number of halogens is 1. The Bertz CT molecular complexity index is 642. The summed E-state index contributed by atoms with van der Waals surface area (Å²) < 4.78 is -0.138. The SMILES string of the molecule is CC1(C)SC(C)(C)N2C(=O)N(c3ccc(Cl)cc3)C(=O)C[C@H]21. The van der Waals surface area contributed by atoms with Gasteiger partial charge < -0.3 is 4.90 Å². The van der Waals surface area contributed by atoms with Gasteiger partial charge in [0.05, 0.1) is 16.6 Å². The summed E-state index contributed by atoms with van der Waals surface area (Å²) in [6, 6.07) is 6.48. The van der Waals surface area contributed by atoms with E-state index in [4.69, 9.17) is 11.6 Å². The first-order valence-electron chi connectivity index (χ1n) is 7.25. The van der Waals surface area contributed by atoms with Gasteiger partial charge in [-0.1, -0.05) is 11.6 Å². The molecule has 0 radical (unpaired) electrons. The fourth-order valence-electron chi connectivity index (χ4n) is 3.46. The van der Waals surface area contributed by atoms with Gasteiger partial charge in [-0.15, -0.1) is 11.8 Å². The van der Waals surface area contributed by atoms with Gasteiger partial charge in [0.1, 0.15) is 0 Å². The molecule has 0 unspecified atom stereocenters. The smallest absolute Gasteiger partial charge is 0.305 e. The molecule has 22 heavy (non-hydrogen) atoms. The van der Waals surface area contributed by atoms with Gasteiger partial charge in [0.2, 0.25) is 5.91 Å². The zero-order valence-corrected chi connectivity index (χ0v) is 14.7. The van der Waals surface area contributed by atoms with Crippen molar-refractivity contribution in [3.63, 3.8) is 0 Å². The monoisotopic (exact) mass is 338 g/mol. The highest BCUT2D eigenvalue weighted by molar-refractivity contribution is 8.02. The molecule has 3 amide bonds. The standard InChI is InChI=1S/C16H19ClN2O2S/c1-15(2)12-9-13(20)18(11-7-5-10(17)6-8-11)14(21)19(12)16(3,4)22-15/h5-8,12H,9H2,1-4H3/t12-/m0/s1. The van der Waals surface area contributed by atoms with Crippen LogP contribution in [0.15, 0.2) is 24.3 Å². The number of rotatable bonds is 1. The van der Waals surface area contributed by atoms with E-state index in [0.29, 0.717) is 17.1 Å². The second kappa shape index (κ2) is 4.90. The molecule has 118 valence electrons. The predicted octanol–water partition coefficient (Wildman–Crippen LogP) is 4.13. The number of fused-ring (bicyclic) bond motifs is 1. The first-order valence-corrected chi connectivity index (χ1v) is 8.45. The molecule has 3 rings (SSSR count). The number of carbonyl (C=O) groups excluding carboxylic acids is 2. The molecule has 2 fully saturated rings. The Balaban J connectivity index is 2.01. The van der Waals surface area contributed by atoms with Crippen LogP contribution in [0.2, 0.25) is 5.02 Å². The second-order valence-electron chi connectivity index (χ2n) is 6.73. The first-order chi connectivity index (χ1) is 10.1. The summed E-state index contributed by atoms with van der Waals surface area (Å²) >= 11 is 7.63.